The minimum absolute atomic E-state index is 0.0169. The van der Waals surface area contributed by atoms with Crippen molar-refractivity contribution < 1.29 is 13.6 Å². The topological polar surface area (TPSA) is 46.3 Å². The molecular formula is C9H16F2N2O. The normalized spacial score (nSPS) is 22.9. The van der Waals surface area contributed by atoms with Gasteiger partial charge >= 0.3 is 0 Å². The van der Waals surface area contributed by atoms with Gasteiger partial charge in [0.1, 0.15) is 0 Å². The van der Waals surface area contributed by atoms with Crippen LogP contribution >= 0.6 is 0 Å². The highest BCUT2D eigenvalue weighted by Gasteiger charge is 2.41. The summed E-state index contributed by atoms with van der Waals surface area (Å²) in [6.07, 6.45) is -0.246. The highest BCUT2D eigenvalue weighted by atomic mass is 19.3. The zero-order valence-electron chi connectivity index (χ0n) is 8.46. The molecule has 0 saturated carbocycles. The second-order valence-electron chi connectivity index (χ2n) is 4.14. The third kappa shape index (κ3) is 2.41. The zero-order valence-corrected chi connectivity index (χ0v) is 8.46. The lowest BCUT2D eigenvalue weighted by Gasteiger charge is -2.22. The van der Waals surface area contributed by atoms with E-state index in [1.165, 1.54) is 0 Å². The van der Waals surface area contributed by atoms with E-state index in [1.807, 2.05) is 0 Å². The summed E-state index contributed by atoms with van der Waals surface area (Å²) in [7, 11) is 0. The molecule has 0 aromatic heterocycles. The summed E-state index contributed by atoms with van der Waals surface area (Å²) in [6.45, 7) is 3.24. The predicted octanol–water partition coefficient (Wildman–Crippen LogP) is 0.837. The van der Waals surface area contributed by atoms with Crippen LogP contribution in [-0.2, 0) is 4.79 Å². The molecular weight excluding hydrogens is 190 g/mol. The van der Waals surface area contributed by atoms with Gasteiger partial charge in [-0.2, -0.15) is 0 Å². The standard InChI is InChI=1S/C9H16F2N2O/c1-6(2)7(12)8(14)13-4-3-9(10,11)5-13/h6-7H,3-5,12H2,1-2H3/t7-/m1/s1. The number of carbonyl (C=O) groups excluding carboxylic acids is 1. The van der Waals surface area contributed by atoms with Gasteiger partial charge in [-0.1, -0.05) is 13.8 Å². The Bertz CT molecular complexity index is 231. The first-order valence-electron chi connectivity index (χ1n) is 4.76. The van der Waals surface area contributed by atoms with Crippen LogP contribution in [0, 0.1) is 5.92 Å². The number of likely N-dealkylation sites (tertiary alicyclic amines) is 1. The summed E-state index contributed by atoms with van der Waals surface area (Å²) >= 11 is 0. The van der Waals surface area contributed by atoms with E-state index in [1.54, 1.807) is 13.8 Å². The number of nitrogens with zero attached hydrogens (tertiary/aromatic N) is 1. The Morgan fingerprint density at radius 2 is 2.07 bits per heavy atom. The Kier molecular flexibility index (Phi) is 3.09. The third-order valence-electron chi connectivity index (χ3n) is 2.48. The molecule has 1 fully saturated rings. The Morgan fingerprint density at radius 1 is 1.50 bits per heavy atom. The molecule has 0 bridgehead atoms. The van der Waals surface area contributed by atoms with Crippen molar-refractivity contribution in [3.63, 3.8) is 0 Å². The van der Waals surface area contributed by atoms with Crippen molar-refractivity contribution in [2.45, 2.75) is 32.2 Å². The molecule has 0 aromatic rings. The van der Waals surface area contributed by atoms with Crippen LogP contribution < -0.4 is 5.73 Å². The monoisotopic (exact) mass is 206 g/mol. The van der Waals surface area contributed by atoms with Crippen molar-refractivity contribution in [1.82, 2.24) is 4.90 Å². The highest BCUT2D eigenvalue weighted by Crippen LogP contribution is 2.27. The van der Waals surface area contributed by atoms with Gasteiger partial charge in [-0.3, -0.25) is 4.79 Å². The van der Waals surface area contributed by atoms with E-state index in [4.69, 9.17) is 5.73 Å². The molecule has 0 unspecified atom stereocenters. The van der Waals surface area contributed by atoms with Crippen molar-refractivity contribution in [1.29, 1.82) is 0 Å². The molecule has 5 heteroatoms. The van der Waals surface area contributed by atoms with Crippen LogP contribution in [0.25, 0.3) is 0 Å². The zero-order chi connectivity index (χ0) is 10.9. The first-order valence-corrected chi connectivity index (χ1v) is 4.76. The smallest absolute Gasteiger partial charge is 0.267 e. The molecule has 0 aromatic carbocycles. The van der Waals surface area contributed by atoms with Gasteiger partial charge in [0.25, 0.3) is 5.92 Å². The number of hydrogen-bond donors (Lipinski definition) is 1. The number of rotatable bonds is 2. The van der Waals surface area contributed by atoms with Gasteiger partial charge in [0, 0.05) is 13.0 Å². The minimum Gasteiger partial charge on any atom is -0.335 e. The molecule has 0 spiro atoms. The van der Waals surface area contributed by atoms with Crippen LogP contribution in [0.15, 0.2) is 0 Å². The quantitative estimate of drug-likeness (QED) is 0.727. The van der Waals surface area contributed by atoms with Crippen molar-refractivity contribution >= 4 is 5.91 Å². The van der Waals surface area contributed by atoms with Crippen LogP contribution in [0.1, 0.15) is 20.3 Å². The Hall–Kier alpha value is -0.710. The van der Waals surface area contributed by atoms with Gasteiger partial charge in [0.2, 0.25) is 5.91 Å². The fourth-order valence-electron chi connectivity index (χ4n) is 1.42. The second kappa shape index (κ2) is 3.81. The Balaban J connectivity index is 2.56. The van der Waals surface area contributed by atoms with Crippen molar-refractivity contribution in [2.24, 2.45) is 11.7 Å². The third-order valence-corrected chi connectivity index (χ3v) is 2.48. The molecule has 1 amide bonds. The fourth-order valence-corrected chi connectivity index (χ4v) is 1.42. The van der Waals surface area contributed by atoms with Crippen LogP contribution in [0.2, 0.25) is 0 Å². The first kappa shape index (κ1) is 11.4. The van der Waals surface area contributed by atoms with E-state index in [2.05, 4.69) is 0 Å². The lowest BCUT2D eigenvalue weighted by molar-refractivity contribution is -0.134. The lowest BCUT2D eigenvalue weighted by atomic mass is 10.0. The molecule has 1 saturated heterocycles. The van der Waals surface area contributed by atoms with Crippen LogP contribution in [-0.4, -0.2) is 35.9 Å². The summed E-state index contributed by atoms with van der Waals surface area (Å²) in [5.41, 5.74) is 5.59. The maximum atomic E-state index is 12.8. The van der Waals surface area contributed by atoms with Gasteiger partial charge in [-0.05, 0) is 5.92 Å². The predicted molar refractivity (Wildman–Crippen MR) is 49.0 cm³/mol. The highest BCUT2D eigenvalue weighted by molar-refractivity contribution is 5.82. The van der Waals surface area contributed by atoms with E-state index in [9.17, 15) is 13.6 Å². The first-order chi connectivity index (χ1) is 6.33. The Morgan fingerprint density at radius 3 is 2.43 bits per heavy atom. The maximum absolute atomic E-state index is 12.8. The van der Waals surface area contributed by atoms with Crippen molar-refractivity contribution in [2.75, 3.05) is 13.1 Å². The largest absolute Gasteiger partial charge is 0.335 e. The van der Waals surface area contributed by atoms with Crippen molar-refractivity contribution in [3.8, 4) is 0 Å². The number of amides is 1. The van der Waals surface area contributed by atoms with Gasteiger partial charge < -0.3 is 10.6 Å². The number of halogens is 2. The summed E-state index contributed by atoms with van der Waals surface area (Å²) in [5.74, 6) is -3.11. The van der Waals surface area contributed by atoms with Gasteiger partial charge in [-0.15, -0.1) is 0 Å². The average molecular weight is 206 g/mol. The molecule has 1 aliphatic rings. The molecule has 1 aliphatic heterocycles. The molecule has 0 aliphatic carbocycles. The molecule has 82 valence electrons. The number of alkyl halides is 2. The Labute approximate surface area is 82.2 Å². The number of carbonyl (C=O) groups is 1. The molecule has 2 N–H and O–H groups in total. The van der Waals surface area contributed by atoms with E-state index in [0.717, 1.165) is 4.90 Å². The van der Waals surface area contributed by atoms with E-state index in [0.29, 0.717) is 0 Å². The van der Waals surface area contributed by atoms with Crippen LogP contribution in [0.4, 0.5) is 8.78 Å². The number of hydrogen-bond acceptors (Lipinski definition) is 2. The second-order valence-corrected chi connectivity index (χ2v) is 4.14. The molecule has 3 nitrogen and oxygen atoms in total. The molecule has 1 rings (SSSR count). The molecule has 1 heterocycles. The van der Waals surface area contributed by atoms with E-state index < -0.39 is 18.5 Å². The average Bonchev–Trinajstić information content (AvgIpc) is 2.43. The van der Waals surface area contributed by atoms with E-state index >= 15 is 0 Å². The summed E-state index contributed by atoms with van der Waals surface area (Å²) in [5, 5.41) is 0. The summed E-state index contributed by atoms with van der Waals surface area (Å²) < 4.78 is 25.6. The van der Waals surface area contributed by atoms with Crippen LogP contribution in [0.5, 0.6) is 0 Å². The van der Waals surface area contributed by atoms with E-state index in [-0.39, 0.29) is 24.8 Å². The molecule has 14 heavy (non-hydrogen) atoms. The molecule has 1 atom stereocenters. The molecule has 0 radical (unpaired) electrons. The SMILES string of the molecule is CC(C)[C@@H](N)C(=O)N1CCC(F)(F)C1. The minimum atomic E-state index is -2.73. The number of nitrogens with two attached hydrogens (primary N) is 1. The summed E-state index contributed by atoms with van der Waals surface area (Å²) in [6, 6.07) is -0.663. The lowest BCUT2D eigenvalue weighted by Crippen LogP contribution is -2.46. The van der Waals surface area contributed by atoms with Gasteiger partial charge in [0.15, 0.2) is 0 Å². The maximum Gasteiger partial charge on any atom is 0.267 e. The fraction of sp³-hybridized carbons (Fsp3) is 0.889. The summed E-state index contributed by atoms with van der Waals surface area (Å²) in [4.78, 5) is 12.7. The van der Waals surface area contributed by atoms with Crippen LogP contribution in [0.3, 0.4) is 0 Å². The van der Waals surface area contributed by atoms with Crippen molar-refractivity contribution in [3.05, 3.63) is 0 Å². The van der Waals surface area contributed by atoms with Gasteiger partial charge in [-0.25, -0.2) is 8.78 Å². The van der Waals surface area contributed by atoms with Gasteiger partial charge in [0.05, 0.1) is 12.6 Å².